The maximum atomic E-state index is 12.8. The number of carbonyl (C=O) groups is 1. The third-order valence-electron chi connectivity index (χ3n) is 6.36. The van der Waals surface area contributed by atoms with Crippen molar-refractivity contribution >= 4 is 17.7 Å². The smallest absolute Gasteiger partial charge is 0.364 e. The van der Waals surface area contributed by atoms with Gasteiger partial charge in [0.05, 0.1) is 5.56 Å². The van der Waals surface area contributed by atoms with E-state index in [0.29, 0.717) is 5.82 Å². The fourth-order valence-electron chi connectivity index (χ4n) is 4.13. The molecule has 0 saturated heterocycles. The number of nitrogens with one attached hydrogen (secondary N) is 1. The van der Waals surface area contributed by atoms with Crippen LogP contribution in [0, 0.1) is 5.41 Å². The molecule has 0 aliphatic heterocycles. The number of benzene rings is 1. The molecule has 1 aliphatic carbocycles. The predicted molar refractivity (Wildman–Crippen MR) is 128 cm³/mol. The third-order valence-corrected chi connectivity index (χ3v) is 7.47. The summed E-state index contributed by atoms with van der Waals surface area (Å²) in [6.07, 6.45) is -0.842. The zero-order valence-electron chi connectivity index (χ0n) is 19.5. The van der Waals surface area contributed by atoms with Crippen molar-refractivity contribution in [2.45, 2.75) is 37.0 Å². The summed E-state index contributed by atoms with van der Waals surface area (Å²) in [4.78, 5) is 15.2. The van der Waals surface area contributed by atoms with Gasteiger partial charge in [-0.1, -0.05) is 30.8 Å². The molecule has 11 heteroatoms. The summed E-state index contributed by atoms with van der Waals surface area (Å²) in [6, 6.07) is 8.85. The van der Waals surface area contributed by atoms with Gasteiger partial charge in [-0.25, -0.2) is 0 Å². The molecule has 1 saturated carbocycles. The van der Waals surface area contributed by atoms with Gasteiger partial charge in [0, 0.05) is 31.1 Å². The molecule has 35 heavy (non-hydrogen) atoms. The summed E-state index contributed by atoms with van der Waals surface area (Å²) in [5.41, 5.74) is 6.61. The van der Waals surface area contributed by atoms with E-state index in [9.17, 15) is 18.0 Å². The first-order valence-electron chi connectivity index (χ1n) is 11.2. The minimum absolute atomic E-state index is 0.0729. The second kappa shape index (κ2) is 9.98. The van der Waals surface area contributed by atoms with Crippen LogP contribution in [0.2, 0.25) is 0 Å². The van der Waals surface area contributed by atoms with Crippen molar-refractivity contribution in [1.82, 2.24) is 25.1 Å². The van der Waals surface area contributed by atoms with Crippen LogP contribution in [0.25, 0.3) is 11.4 Å². The lowest BCUT2D eigenvalue weighted by Crippen LogP contribution is -2.24. The number of nitrogens with zero attached hydrogens (tertiary/aromatic N) is 4. The van der Waals surface area contributed by atoms with Crippen LogP contribution in [0.4, 0.5) is 13.2 Å². The molecule has 0 bridgehead atoms. The molecule has 186 valence electrons. The summed E-state index contributed by atoms with van der Waals surface area (Å²) < 4.78 is 40.2. The van der Waals surface area contributed by atoms with Crippen LogP contribution in [-0.4, -0.2) is 44.5 Å². The van der Waals surface area contributed by atoms with Gasteiger partial charge in [0.2, 0.25) is 0 Å². The molecular formula is C24H27F3N6OS. The lowest BCUT2D eigenvalue weighted by molar-refractivity contribution is -0.137. The molecule has 2 aromatic heterocycles. The van der Waals surface area contributed by atoms with E-state index < -0.39 is 17.6 Å². The number of primary amides is 1. The molecule has 1 aromatic carbocycles. The first-order chi connectivity index (χ1) is 16.6. The van der Waals surface area contributed by atoms with E-state index >= 15 is 0 Å². The number of halogens is 3. The number of nitrogens with two attached hydrogens (primary N) is 1. The van der Waals surface area contributed by atoms with Crippen LogP contribution < -0.4 is 11.1 Å². The Balaban J connectivity index is 1.19. The second-order valence-corrected chi connectivity index (χ2v) is 10.1. The van der Waals surface area contributed by atoms with Gasteiger partial charge in [-0.2, -0.15) is 13.2 Å². The van der Waals surface area contributed by atoms with Gasteiger partial charge in [-0.3, -0.25) is 9.78 Å². The van der Waals surface area contributed by atoms with Crippen LogP contribution in [0.1, 0.15) is 47.3 Å². The Bertz CT molecular complexity index is 1180. The van der Waals surface area contributed by atoms with Gasteiger partial charge in [0.15, 0.2) is 11.0 Å². The Hall–Kier alpha value is -2.92. The van der Waals surface area contributed by atoms with Gasteiger partial charge in [0.25, 0.3) is 5.91 Å². The third kappa shape index (κ3) is 5.84. The number of aromatic nitrogens is 4. The molecule has 2 atom stereocenters. The lowest BCUT2D eigenvalue weighted by atomic mass is 10.00. The number of pyridine rings is 1. The lowest BCUT2D eigenvalue weighted by Gasteiger charge is -2.13. The fourth-order valence-corrected chi connectivity index (χ4v) is 4.98. The Morgan fingerprint density at radius 2 is 1.97 bits per heavy atom. The van der Waals surface area contributed by atoms with E-state index in [0.717, 1.165) is 48.0 Å². The highest BCUT2D eigenvalue weighted by atomic mass is 32.2. The minimum atomic E-state index is -4.30. The summed E-state index contributed by atoms with van der Waals surface area (Å²) >= 11 is 1.61. The summed E-state index contributed by atoms with van der Waals surface area (Å²) in [5.74, 6) is 1.22. The van der Waals surface area contributed by atoms with Crippen molar-refractivity contribution in [3.05, 3.63) is 59.4 Å². The normalized spacial score (nSPS) is 19.6. The molecule has 1 fully saturated rings. The van der Waals surface area contributed by atoms with Crippen molar-refractivity contribution < 1.29 is 18.0 Å². The molecule has 4 rings (SSSR count). The van der Waals surface area contributed by atoms with Gasteiger partial charge in [0.1, 0.15) is 5.69 Å². The van der Waals surface area contributed by atoms with E-state index in [-0.39, 0.29) is 17.0 Å². The number of thioether (sulfide) groups is 1. The van der Waals surface area contributed by atoms with Crippen molar-refractivity contribution in [3.63, 3.8) is 0 Å². The zero-order chi connectivity index (χ0) is 25.2. The van der Waals surface area contributed by atoms with Gasteiger partial charge >= 0.3 is 6.18 Å². The fraction of sp³-hybridized carbons (Fsp3) is 0.417. The maximum absolute atomic E-state index is 12.8. The number of hydrogen-bond acceptors (Lipinski definition) is 6. The Labute approximate surface area is 205 Å². The Kier molecular flexibility index (Phi) is 7.18. The van der Waals surface area contributed by atoms with Gasteiger partial charge in [-0.15, -0.1) is 10.2 Å². The molecule has 1 unspecified atom stereocenters. The topological polar surface area (TPSA) is 98.7 Å². The van der Waals surface area contributed by atoms with Crippen LogP contribution in [-0.2, 0) is 13.2 Å². The highest BCUT2D eigenvalue weighted by Crippen LogP contribution is 2.58. The monoisotopic (exact) mass is 504 g/mol. The van der Waals surface area contributed by atoms with E-state index in [4.69, 9.17) is 5.73 Å². The molecule has 1 amide bonds. The standard InChI is InChI=1S/C24H27F3N6OS/c1-23(12-18(23)15-4-7-17(8-5-15)24(25,26)27)14-29-10-3-11-35-22-32-31-21(33(22)2)16-6-9-19(20(28)34)30-13-16/h4-9,13,18,29H,3,10-12,14H2,1-2H3,(H2,28,34)/t18-,23?/m0/s1. The number of alkyl halides is 3. The molecule has 7 nitrogen and oxygen atoms in total. The van der Waals surface area contributed by atoms with E-state index in [1.807, 2.05) is 11.6 Å². The average molecular weight is 505 g/mol. The molecule has 3 aromatic rings. The molecule has 3 N–H and O–H groups in total. The first kappa shape index (κ1) is 25.2. The van der Waals surface area contributed by atoms with Crippen LogP contribution >= 0.6 is 11.8 Å². The van der Waals surface area contributed by atoms with Crippen LogP contribution in [0.3, 0.4) is 0 Å². The number of amides is 1. The summed E-state index contributed by atoms with van der Waals surface area (Å²) in [6.45, 7) is 3.83. The highest BCUT2D eigenvalue weighted by molar-refractivity contribution is 7.99. The van der Waals surface area contributed by atoms with Crippen molar-refractivity contribution in [2.75, 3.05) is 18.8 Å². The quantitative estimate of drug-likeness (QED) is 0.316. The van der Waals surface area contributed by atoms with Gasteiger partial charge < -0.3 is 15.6 Å². The highest BCUT2D eigenvalue weighted by Gasteiger charge is 2.50. The minimum Gasteiger partial charge on any atom is -0.364 e. The number of carbonyl (C=O) groups excluding carboxylic acids is 1. The second-order valence-electron chi connectivity index (χ2n) is 9.07. The molecule has 1 aliphatic rings. The van der Waals surface area contributed by atoms with Crippen molar-refractivity contribution in [1.29, 1.82) is 0 Å². The van der Waals surface area contributed by atoms with E-state index in [1.165, 1.54) is 12.1 Å². The number of hydrogen-bond donors (Lipinski definition) is 2. The Morgan fingerprint density at radius 1 is 1.23 bits per heavy atom. The van der Waals surface area contributed by atoms with Crippen molar-refractivity contribution in [3.8, 4) is 11.4 Å². The van der Waals surface area contributed by atoms with Crippen LogP contribution in [0.15, 0.2) is 47.8 Å². The number of rotatable bonds is 10. The zero-order valence-corrected chi connectivity index (χ0v) is 20.3. The van der Waals surface area contributed by atoms with Gasteiger partial charge in [-0.05, 0) is 60.5 Å². The van der Waals surface area contributed by atoms with Crippen molar-refractivity contribution in [2.24, 2.45) is 18.2 Å². The molecule has 0 spiro atoms. The summed E-state index contributed by atoms with van der Waals surface area (Å²) in [5, 5.41) is 12.8. The SMILES string of the molecule is Cn1c(SCCCNCC2(C)C[C@H]2c2ccc(C(F)(F)F)cc2)nnc1-c1ccc(C(N)=O)nc1. The maximum Gasteiger partial charge on any atom is 0.416 e. The van der Waals surface area contributed by atoms with Crippen LogP contribution in [0.5, 0.6) is 0 Å². The average Bonchev–Trinajstić information content (AvgIpc) is 3.36. The first-order valence-corrected chi connectivity index (χ1v) is 12.2. The largest absolute Gasteiger partial charge is 0.416 e. The summed E-state index contributed by atoms with van der Waals surface area (Å²) in [7, 11) is 1.88. The van der Waals surface area contributed by atoms with E-state index in [1.54, 1.807) is 42.2 Å². The molecule has 2 heterocycles. The molecule has 0 radical (unpaired) electrons. The van der Waals surface area contributed by atoms with E-state index in [2.05, 4.69) is 27.4 Å². The predicted octanol–water partition coefficient (Wildman–Crippen LogP) is 4.26. The molecular weight excluding hydrogens is 477 g/mol. The Morgan fingerprint density at radius 3 is 2.60 bits per heavy atom.